The SMILES string of the molecule is C/C(N)=C(/C#N)C(=O)COC(=O)c1sc(NC(=O)C(C)(C)C)cc1C. The molecule has 0 saturated heterocycles. The van der Waals surface area contributed by atoms with Crippen LogP contribution in [-0.4, -0.2) is 24.3 Å². The second-order valence-corrected chi connectivity index (χ2v) is 7.55. The van der Waals surface area contributed by atoms with Gasteiger partial charge in [0.25, 0.3) is 0 Å². The minimum Gasteiger partial charge on any atom is -0.453 e. The zero-order chi connectivity index (χ0) is 19.4. The molecule has 8 heteroatoms. The lowest BCUT2D eigenvalue weighted by Crippen LogP contribution is -2.27. The topological polar surface area (TPSA) is 122 Å². The number of allylic oxidation sites excluding steroid dienone is 1. The van der Waals surface area contributed by atoms with Crippen LogP contribution in [0.5, 0.6) is 0 Å². The zero-order valence-corrected chi connectivity index (χ0v) is 15.7. The molecule has 1 aromatic rings. The number of nitrogens with zero attached hydrogens (tertiary/aromatic N) is 1. The molecule has 0 radical (unpaired) electrons. The van der Waals surface area contributed by atoms with Crippen molar-refractivity contribution in [1.29, 1.82) is 5.26 Å². The van der Waals surface area contributed by atoms with Gasteiger partial charge in [-0.3, -0.25) is 9.59 Å². The Bertz CT molecular complexity index is 775. The number of ether oxygens (including phenoxy) is 1. The summed E-state index contributed by atoms with van der Waals surface area (Å²) < 4.78 is 4.96. The molecular formula is C17H21N3O4S. The minimum atomic E-state index is -0.695. The molecule has 0 spiro atoms. The second-order valence-electron chi connectivity index (χ2n) is 6.50. The molecule has 3 N–H and O–H groups in total. The number of thiophene rings is 1. The highest BCUT2D eigenvalue weighted by Gasteiger charge is 2.24. The maximum Gasteiger partial charge on any atom is 0.349 e. The lowest BCUT2D eigenvalue weighted by molar-refractivity contribution is -0.123. The van der Waals surface area contributed by atoms with Gasteiger partial charge in [-0.25, -0.2) is 4.79 Å². The fourth-order valence-corrected chi connectivity index (χ4v) is 2.65. The first-order chi connectivity index (χ1) is 11.5. The lowest BCUT2D eigenvalue weighted by atomic mass is 9.96. The Kier molecular flexibility index (Phi) is 6.48. The molecule has 1 rings (SSSR count). The van der Waals surface area contributed by atoms with E-state index in [-0.39, 0.29) is 22.1 Å². The maximum atomic E-state index is 12.1. The van der Waals surface area contributed by atoms with Crippen LogP contribution in [0.2, 0.25) is 0 Å². The number of esters is 1. The van der Waals surface area contributed by atoms with Crippen LogP contribution in [0.4, 0.5) is 5.00 Å². The van der Waals surface area contributed by atoms with Crippen molar-refractivity contribution in [2.75, 3.05) is 11.9 Å². The predicted octanol–water partition coefficient (Wildman–Crippen LogP) is 2.52. The lowest BCUT2D eigenvalue weighted by Gasteiger charge is -2.16. The first kappa shape index (κ1) is 20.4. The van der Waals surface area contributed by atoms with Crippen molar-refractivity contribution in [3.05, 3.63) is 27.8 Å². The summed E-state index contributed by atoms with van der Waals surface area (Å²) in [5, 5.41) is 12.1. The number of nitrogens with one attached hydrogen (secondary N) is 1. The van der Waals surface area contributed by atoms with Crippen molar-refractivity contribution in [2.45, 2.75) is 34.6 Å². The van der Waals surface area contributed by atoms with Gasteiger partial charge >= 0.3 is 5.97 Å². The van der Waals surface area contributed by atoms with Crippen LogP contribution >= 0.6 is 11.3 Å². The summed E-state index contributed by atoms with van der Waals surface area (Å²) in [4.78, 5) is 36.2. The van der Waals surface area contributed by atoms with Gasteiger partial charge in [-0.15, -0.1) is 11.3 Å². The van der Waals surface area contributed by atoms with Gasteiger partial charge in [0.05, 0.1) is 5.00 Å². The highest BCUT2D eigenvalue weighted by molar-refractivity contribution is 7.18. The Morgan fingerprint density at radius 1 is 1.36 bits per heavy atom. The molecule has 25 heavy (non-hydrogen) atoms. The Balaban J connectivity index is 2.81. The molecular weight excluding hydrogens is 342 g/mol. The van der Waals surface area contributed by atoms with E-state index in [0.717, 1.165) is 11.3 Å². The van der Waals surface area contributed by atoms with Gasteiger partial charge in [-0.05, 0) is 25.5 Å². The smallest absolute Gasteiger partial charge is 0.349 e. The summed E-state index contributed by atoms with van der Waals surface area (Å²) in [6.07, 6.45) is 0. The highest BCUT2D eigenvalue weighted by atomic mass is 32.1. The first-order valence-electron chi connectivity index (χ1n) is 7.46. The molecule has 0 unspecified atom stereocenters. The molecule has 0 fully saturated rings. The number of nitrogens with two attached hydrogens (primary N) is 1. The van der Waals surface area contributed by atoms with Crippen molar-refractivity contribution < 1.29 is 19.1 Å². The van der Waals surface area contributed by atoms with E-state index in [1.165, 1.54) is 6.92 Å². The summed E-state index contributed by atoms with van der Waals surface area (Å²) in [5.74, 6) is -1.53. The number of Topliss-reactive ketones (excluding diaryl/α,β-unsaturated/α-hetero) is 1. The molecule has 134 valence electrons. The molecule has 1 heterocycles. The number of aryl methyl sites for hydroxylation is 1. The Morgan fingerprint density at radius 2 is 1.96 bits per heavy atom. The van der Waals surface area contributed by atoms with Crippen molar-refractivity contribution >= 4 is 34.0 Å². The van der Waals surface area contributed by atoms with E-state index in [2.05, 4.69) is 5.32 Å². The summed E-state index contributed by atoms with van der Waals surface area (Å²) in [6.45, 7) is 7.89. The Labute approximate surface area is 150 Å². The Morgan fingerprint density at radius 3 is 2.44 bits per heavy atom. The fourth-order valence-electron chi connectivity index (χ4n) is 1.69. The van der Waals surface area contributed by atoms with E-state index in [1.807, 2.05) is 0 Å². The number of hydrogen-bond donors (Lipinski definition) is 2. The standard InChI is InChI=1S/C17H21N3O4S/c1-9-6-13(20-16(23)17(3,4)5)25-14(9)15(22)24-8-12(21)11(7-18)10(2)19/h6H,8,19H2,1-5H3,(H,20,23)/b11-10+. The summed E-state index contributed by atoms with van der Waals surface area (Å²) in [7, 11) is 0. The third kappa shape index (κ3) is 5.43. The maximum absolute atomic E-state index is 12.1. The van der Waals surface area contributed by atoms with E-state index in [4.69, 9.17) is 15.7 Å². The first-order valence-corrected chi connectivity index (χ1v) is 8.27. The summed E-state index contributed by atoms with van der Waals surface area (Å²) >= 11 is 1.06. The second kappa shape index (κ2) is 7.94. The number of amides is 1. The molecule has 0 aliphatic carbocycles. The van der Waals surface area contributed by atoms with Crippen molar-refractivity contribution in [3.63, 3.8) is 0 Å². The van der Waals surface area contributed by atoms with Crippen LogP contribution in [0.25, 0.3) is 0 Å². The van der Waals surface area contributed by atoms with Crippen LogP contribution in [0.3, 0.4) is 0 Å². The van der Waals surface area contributed by atoms with Crippen molar-refractivity contribution in [1.82, 2.24) is 0 Å². The normalized spacial score (nSPS) is 12.0. The predicted molar refractivity (Wildman–Crippen MR) is 94.9 cm³/mol. The third-order valence-corrected chi connectivity index (χ3v) is 4.27. The Hall–Kier alpha value is -2.66. The number of rotatable bonds is 5. The van der Waals surface area contributed by atoms with Gasteiger partial charge in [0.2, 0.25) is 11.7 Å². The molecule has 0 aliphatic rings. The molecule has 0 aromatic carbocycles. The third-order valence-electron chi connectivity index (χ3n) is 3.14. The van der Waals surface area contributed by atoms with Crippen LogP contribution in [0.1, 0.15) is 42.9 Å². The number of nitriles is 1. The summed E-state index contributed by atoms with van der Waals surface area (Å²) in [5.41, 5.74) is 5.33. The molecule has 1 aromatic heterocycles. The van der Waals surface area contributed by atoms with E-state index in [1.54, 1.807) is 39.8 Å². The van der Waals surface area contributed by atoms with Crippen LogP contribution in [0.15, 0.2) is 17.3 Å². The van der Waals surface area contributed by atoms with Gasteiger partial charge in [0, 0.05) is 11.1 Å². The number of hydrogen-bond acceptors (Lipinski definition) is 7. The van der Waals surface area contributed by atoms with Crippen molar-refractivity contribution in [2.24, 2.45) is 11.1 Å². The van der Waals surface area contributed by atoms with E-state index < -0.39 is 23.8 Å². The van der Waals surface area contributed by atoms with Crippen LogP contribution < -0.4 is 11.1 Å². The van der Waals surface area contributed by atoms with Gasteiger partial charge in [0.1, 0.15) is 16.5 Å². The van der Waals surface area contributed by atoms with E-state index in [9.17, 15) is 14.4 Å². The van der Waals surface area contributed by atoms with Gasteiger partial charge in [0.15, 0.2) is 6.61 Å². The number of carbonyl (C=O) groups excluding carboxylic acids is 3. The quantitative estimate of drug-likeness (QED) is 0.471. The average Bonchev–Trinajstić information content (AvgIpc) is 2.84. The number of ketones is 1. The van der Waals surface area contributed by atoms with E-state index in [0.29, 0.717) is 10.6 Å². The number of anilines is 1. The van der Waals surface area contributed by atoms with E-state index >= 15 is 0 Å². The molecule has 0 atom stereocenters. The fraction of sp³-hybridized carbons (Fsp3) is 0.412. The monoisotopic (exact) mass is 363 g/mol. The van der Waals surface area contributed by atoms with Crippen LogP contribution in [-0.2, 0) is 14.3 Å². The molecule has 0 aliphatic heterocycles. The van der Waals surface area contributed by atoms with Crippen molar-refractivity contribution in [3.8, 4) is 6.07 Å². The highest BCUT2D eigenvalue weighted by Crippen LogP contribution is 2.29. The minimum absolute atomic E-state index is 0.0723. The number of carbonyl (C=O) groups is 3. The van der Waals surface area contributed by atoms with Gasteiger partial charge < -0.3 is 15.8 Å². The molecule has 0 bridgehead atoms. The largest absolute Gasteiger partial charge is 0.453 e. The average molecular weight is 363 g/mol. The zero-order valence-electron chi connectivity index (χ0n) is 14.9. The van der Waals surface area contributed by atoms with Gasteiger partial charge in [-0.1, -0.05) is 20.8 Å². The molecule has 7 nitrogen and oxygen atoms in total. The summed E-state index contributed by atoms with van der Waals surface area (Å²) in [6, 6.07) is 3.35. The molecule has 0 saturated carbocycles. The van der Waals surface area contributed by atoms with Crippen LogP contribution in [0, 0.1) is 23.7 Å². The molecule has 1 amide bonds. The van der Waals surface area contributed by atoms with Gasteiger partial charge in [-0.2, -0.15) is 5.26 Å².